The lowest BCUT2D eigenvalue weighted by Gasteiger charge is -2.38. The van der Waals surface area contributed by atoms with Gasteiger partial charge in [-0.25, -0.2) is 4.31 Å². The fraction of sp³-hybridized carbons (Fsp3) is 0.409. The third kappa shape index (κ3) is 4.57. The number of benzene rings is 1. The third-order valence-corrected chi connectivity index (χ3v) is 7.33. The Bertz CT molecular complexity index is 1040. The van der Waals surface area contributed by atoms with E-state index in [0.29, 0.717) is 12.4 Å². The van der Waals surface area contributed by atoms with Gasteiger partial charge in [-0.15, -0.1) is 6.58 Å². The zero-order valence-corrected chi connectivity index (χ0v) is 18.5. The molecule has 180 valence electrons. The van der Waals surface area contributed by atoms with E-state index in [-0.39, 0.29) is 36.7 Å². The van der Waals surface area contributed by atoms with Crippen molar-refractivity contribution in [1.82, 2.24) is 9.21 Å². The van der Waals surface area contributed by atoms with Crippen molar-refractivity contribution in [2.24, 2.45) is 5.41 Å². The summed E-state index contributed by atoms with van der Waals surface area (Å²) in [4.78, 5) is 14.8. The lowest BCUT2D eigenvalue weighted by atomic mass is 9.70. The maximum Gasteiger partial charge on any atom is 0.517 e. The van der Waals surface area contributed by atoms with Gasteiger partial charge in [-0.05, 0) is 37.0 Å². The minimum Gasteiger partial charge on any atom is -0.393 e. The van der Waals surface area contributed by atoms with Gasteiger partial charge in [0.05, 0.1) is 12.6 Å². The summed E-state index contributed by atoms with van der Waals surface area (Å²) in [6.07, 6.45) is 4.23. The Morgan fingerprint density at radius 1 is 1.18 bits per heavy atom. The highest BCUT2D eigenvalue weighted by molar-refractivity contribution is 7.90. The molecule has 0 saturated carbocycles. The van der Waals surface area contributed by atoms with Crippen LogP contribution in [-0.4, -0.2) is 57.5 Å². The van der Waals surface area contributed by atoms with Gasteiger partial charge in [0.2, 0.25) is 5.91 Å². The molecule has 2 atom stereocenters. The second kappa shape index (κ2) is 8.96. The molecular weight excluding hydrogens is 461 g/mol. The van der Waals surface area contributed by atoms with E-state index < -0.39 is 38.6 Å². The van der Waals surface area contributed by atoms with Crippen LogP contribution in [-0.2, 0) is 21.4 Å². The summed E-state index contributed by atoms with van der Waals surface area (Å²) in [5, 5.41) is 21.6. The van der Waals surface area contributed by atoms with Crippen molar-refractivity contribution in [3.05, 3.63) is 73.1 Å². The third-order valence-electron chi connectivity index (χ3n) is 5.95. The fourth-order valence-corrected chi connectivity index (χ4v) is 4.81. The van der Waals surface area contributed by atoms with Gasteiger partial charge in [0.25, 0.3) is 0 Å². The summed E-state index contributed by atoms with van der Waals surface area (Å²) in [6.45, 7) is 3.54. The number of likely N-dealkylation sites (tertiary alicyclic amines) is 1. The minimum absolute atomic E-state index is 0.0294. The lowest BCUT2D eigenvalue weighted by Crippen LogP contribution is -2.49. The second-order valence-electron chi connectivity index (χ2n) is 8.18. The van der Waals surface area contributed by atoms with Gasteiger partial charge in [-0.1, -0.05) is 36.4 Å². The Labute approximate surface area is 190 Å². The van der Waals surface area contributed by atoms with Crippen LogP contribution < -0.4 is 0 Å². The minimum atomic E-state index is -5.69. The predicted octanol–water partition coefficient (Wildman–Crippen LogP) is 2.66. The SMILES string of the molecule is C=CCC(O)CCC1(O)CN(Cc2ccccc2)C(=O)C12C=CN(S(=O)(=O)C(F)(F)F)C=C2. The predicted molar refractivity (Wildman–Crippen MR) is 114 cm³/mol. The number of nitrogens with zero attached hydrogens (tertiary/aromatic N) is 2. The molecule has 2 aliphatic rings. The number of rotatable bonds is 8. The molecule has 2 aliphatic heterocycles. The normalized spacial score (nSPS) is 23.4. The van der Waals surface area contributed by atoms with Crippen LogP contribution in [0.5, 0.6) is 0 Å². The largest absolute Gasteiger partial charge is 0.517 e. The van der Waals surface area contributed by atoms with Gasteiger partial charge in [0.1, 0.15) is 11.0 Å². The number of aliphatic hydroxyl groups is 2. The maximum absolute atomic E-state index is 13.4. The first-order valence-corrected chi connectivity index (χ1v) is 11.6. The van der Waals surface area contributed by atoms with Crippen molar-refractivity contribution < 1.29 is 36.6 Å². The van der Waals surface area contributed by atoms with Crippen LogP contribution in [0.4, 0.5) is 13.2 Å². The highest BCUT2D eigenvalue weighted by atomic mass is 32.2. The van der Waals surface area contributed by atoms with Gasteiger partial charge >= 0.3 is 15.5 Å². The smallest absolute Gasteiger partial charge is 0.393 e. The first kappa shape index (κ1) is 25.0. The van der Waals surface area contributed by atoms with Gasteiger partial charge in [-0.3, -0.25) is 4.79 Å². The van der Waals surface area contributed by atoms with Crippen LogP contribution in [0.15, 0.2) is 67.5 Å². The molecule has 0 bridgehead atoms. The topological polar surface area (TPSA) is 98.2 Å². The summed E-state index contributed by atoms with van der Waals surface area (Å²) in [6, 6.07) is 8.94. The number of carbonyl (C=O) groups excluding carboxylic acids is 1. The van der Waals surface area contributed by atoms with E-state index in [9.17, 15) is 36.6 Å². The second-order valence-corrected chi connectivity index (χ2v) is 10.0. The highest BCUT2D eigenvalue weighted by Gasteiger charge is 2.61. The first-order valence-electron chi connectivity index (χ1n) is 10.2. The van der Waals surface area contributed by atoms with E-state index in [1.165, 1.54) is 11.0 Å². The molecule has 1 fully saturated rings. The van der Waals surface area contributed by atoms with Crippen LogP contribution in [0.25, 0.3) is 0 Å². The van der Waals surface area contributed by atoms with E-state index >= 15 is 0 Å². The van der Waals surface area contributed by atoms with Crippen molar-refractivity contribution in [3.8, 4) is 0 Å². The Morgan fingerprint density at radius 2 is 1.79 bits per heavy atom. The first-order chi connectivity index (χ1) is 15.4. The lowest BCUT2D eigenvalue weighted by molar-refractivity contribution is -0.135. The average molecular weight is 487 g/mol. The quantitative estimate of drug-likeness (QED) is 0.551. The molecule has 1 saturated heterocycles. The zero-order chi connectivity index (χ0) is 24.5. The summed E-state index contributed by atoms with van der Waals surface area (Å²) in [7, 11) is -5.69. The number of hydrogen-bond donors (Lipinski definition) is 2. The van der Waals surface area contributed by atoms with Crippen molar-refractivity contribution in [2.75, 3.05) is 6.54 Å². The molecule has 2 unspecified atom stereocenters. The molecule has 33 heavy (non-hydrogen) atoms. The Balaban J connectivity index is 1.95. The molecule has 1 aromatic rings. The molecule has 2 heterocycles. The molecule has 0 aliphatic carbocycles. The number of carbonyl (C=O) groups is 1. The molecule has 3 rings (SSSR count). The van der Waals surface area contributed by atoms with E-state index in [1.807, 2.05) is 0 Å². The monoisotopic (exact) mass is 486 g/mol. The molecular formula is C22H25F3N2O5S. The van der Waals surface area contributed by atoms with Crippen LogP contribution in [0.2, 0.25) is 0 Å². The number of amides is 1. The molecule has 1 amide bonds. The average Bonchev–Trinajstić information content (AvgIpc) is 2.95. The Kier molecular flexibility index (Phi) is 6.79. The number of alkyl halides is 3. The summed E-state index contributed by atoms with van der Waals surface area (Å²) in [5.74, 6) is -0.580. The van der Waals surface area contributed by atoms with Crippen LogP contribution in [0.1, 0.15) is 24.8 Å². The number of aliphatic hydroxyl groups excluding tert-OH is 1. The number of sulfonamides is 1. The summed E-state index contributed by atoms with van der Waals surface area (Å²) in [5.41, 5.74) is -8.33. The summed E-state index contributed by atoms with van der Waals surface area (Å²) >= 11 is 0. The molecule has 7 nitrogen and oxygen atoms in total. The van der Waals surface area contributed by atoms with Gasteiger partial charge in [-0.2, -0.15) is 21.6 Å². The van der Waals surface area contributed by atoms with E-state index in [0.717, 1.165) is 17.7 Å². The number of halogens is 3. The highest BCUT2D eigenvalue weighted by Crippen LogP contribution is 2.48. The maximum atomic E-state index is 13.4. The summed E-state index contributed by atoms with van der Waals surface area (Å²) < 4.78 is 62.3. The van der Waals surface area contributed by atoms with Crippen LogP contribution >= 0.6 is 0 Å². The van der Waals surface area contributed by atoms with Crippen molar-refractivity contribution in [3.63, 3.8) is 0 Å². The van der Waals surface area contributed by atoms with E-state index in [2.05, 4.69) is 6.58 Å². The standard InChI is InChI=1S/C22H25F3N2O5S/c1-2-6-18(28)9-10-21(30)16-26(15-17-7-4-3-5-8-17)19(29)20(21)11-13-27(14-12-20)33(31,32)22(23,24)25/h2-5,7-8,11-14,18,28,30H,1,6,9-10,15-16H2. The van der Waals surface area contributed by atoms with Crippen LogP contribution in [0, 0.1) is 5.41 Å². The van der Waals surface area contributed by atoms with Crippen molar-refractivity contribution in [2.45, 2.75) is 43.0 Å². The van der Waals surface area contributed by atoms with Crippen molar-refractivity contribution >= 4 is 15.9 Å². The molecule has 2 N–H and O–H groups in total. The Hall–Kier alpha value is -2.63. The molecule has 0 radical (unpaired) electrons. The van der Waals surface area contributed by atoms with Crippen molar-refractivity contribution in [1.29, 1.82) is 0 Å². The van der Waals surface area contributed by atoms with Gasteiger partial charge in [0, 0.05) is 18.9 Å². The molecule has 1 aromatic carbocycles. The Morgan fingerprint density at radius 3 is 2.33 bits per heavy atom. The fourth-order valence-electron chi connectivity index (χ4n) is 4.13. The van der Waals surface area contributed by atoms with Crippen LogP contribution in [0.3, 0.4) is 0 Å². The number of hydrogen-bond acceptors (Lipinski definition) is 5. The van der Waals surface area contributed by atoms with Gasteiger partial charge < -0.3 is 15.1 Å². The molecule has 0 aromatic heterocycles. The van der Waals surface area contributed by atoms with E-state index in [4.69, 9.17) is 0 Å². The number of β-amino-alcohol motifs (C(OH)–C–C–N with tert-alkyl or cyclic N) is 1. The molecule has 11 heteroatoms. The van der Waals surface area contributed by atoms with E-state index in [1.54, 1.807) is 30.3 Å². The molecule has 1 spiro atoms. The zero-order valence-electron chi connectivity index (χ0n) is 17.6. The van der Waals surface area contributed by atoms with Gasteiger partial charge in [0.15, 0.2) is 0 Å².